The van der Waals surface area contributed by atoms with E-state index in [1.54, 1.807) is 6.92 Å². The largest absolute Gasteiger partial charge is 0.411 e. The number of alkyl halides is 3. The maximum atomic E-state index is 12.0. The summed E-state index contributed by atoms with van der Waals surface area (Å²) in [5.74, 6) is 1.21. The van der Waals surface area contributed by atoms with E-state index in [9.17, 15) is 13.2 Å². The molecule has 0 aliphatic carbocycles. The van der Waals surface area contributed by atoms with Crippen LogP contribution in [-0.4, -0.2) is 72.1 Å². The summed E-state index contributed by atoms with van der Waals surface area (Å²) in [7, 11) is 1.92. The van der Waals surface area contributed by atoms with Gasteiger partial charge in [0, 0.05) is 26.1 Å². The first-order valence-corrected chi connectivity index (χ1v) is 7.70. The predicted molar refractivity (Wildman–Crippen MR) is 76.8 cm³/mol. The summed E-state index contributed by atoms with van der Waals surface area (Å²) in [6.07, 6.45) is -2.20. The number of nitrogens with zero attached hydrogens (tertiary/aromatic N) is 4. The quantitative estimate of drug-likeness (QED) is 0.709. The minimum atomic E-state index is -4.26. The number of hydrogen-bond acceptors (Lipinski definition) is 6. The second-order valence-corrected chi connectivity index (χ2v) is 5.91. The molecule has 1 aromatic rings. The van der Waals surface area contributed by atoms with Gasteiger partial charge in [0.25, 0.3) is 0 Å². The zero-order chi connectivity index (χ0) is 16.9. The van der Waals surface area contributed by atoms with Crippen molar-refractivity contribution < 1.29 is 22.4 Å². The number of hydrogen-bond donors (Lipinski definition) is 0. The molecule has 9 heteroatoms. The Morgan fingerprint density at radius 1 is 1.43 bits per heavy atom. The number of likely N-dealkylation sites (tertiary alicyclic amines) is 1. The van der Waals surface area contributed by atoms with Gasteiger partial charge in [-0.2, -0.15) is 18.2 Å². The fourth-order valence-corrected chi connectivity index (χ4v) is 2.72. The van der Waals surface area contributed by atoms with E-state index in [0.29, 0.717) is 30.8 Å². The van der Waals surface area contributed by atoms with Gasteiger partial charge < -0.3 is 9.26 Å². The average Bonchev–Trinajstić information content (AvgIpc) is 2.88. The Morgan fingerprint density at radius 2 is 2.22 bits per heavy atom. The Kier molecular flexibility index (Phi) is 6.37. The van der Waals surface area contributed by atoms with Crippen LogP contribution in [0.2, 0.25) is 0 Å². The van der Waals surface area contributed by atoms with Gasteiger partial charge in [0.2, 0.25) is 5.89 Å². The fraction of sp³-hybridized carbons (Fsp3) is 0.857. The molecule has 0 bridgehead atoms. The number of ether oxygens (including phenoxy) is 1. The first-order valence-electron chi connectivity index (χ1n) is 7.70. The summed E-state index contributed by atoms with van der Waals surface area (Å²) in [6.45, 7) is 3.56. The summed E-state index contributed by atoms with van der Waals surface area (Å²) in [6, 6.07) is 0.297. The van der Waals surface area contributed by atoms with Crippen molar-refractivity contribution in [3.8, 4) is 0 Å². The molecule has 1 aromatic heterocycles. The topological polar surface area (TPSA) is 54.6 Å². The van der Waals surface area contributed by atoms with Gasteiger partial charge in [-0.1, -0.05) is 5.16 Å². The standard InChI is InChI=1S/C14H23F3N4O2/c1-11-18-13(19-23-11)9-21-5-3-4-12(8-21)20(2)6-7-22-10-14(15,16)17/h12H,3-10H2,1-2H3. The molecule has 132 valence electrons. The molecule has 0 radical (unpaired) electrons. The number of likely N-dealkylation sites (N-methyl/N-ethyl adjacent to an activating group) is 1. The molecule has 0 saturated carbocycles. The van der Waals surface area contributed by atoms with Gasteiger partial charge in [-0.15, -0.1) is 0 Å². The molecular formula is C14H23F3N4O2. The van der Waals surface area contributed by atoms with Crippen molar-refractivity contribution in [2.24, 2.45) is 0 Å². The van der Waals surface area contributed by atoms with Crippen molar-refractivity contribution in [1.82, 2.24) is 19.9 Å². The molecule has 2 heterocycles. The molecule has 0 N–H and O–H groups in total. The van der Waals surface area contributed by atoms with E-state index in [1.165, 1.54) is 0 Å². The van der Waals surface area contributed by atoms with E-state index in [2.05, 4.69) is 24.7 Å². The third-order valence-corrected chi connectivity index (χ3v) is 3.89. The second kappa shape index (κ2) is 8.07. The third kappa shape index (κ3) is 6.44. The van der Waals surface area contributed by atoms with Crippen LogP contribution < -0.4 is 0 Å². The molecule has 1 aliphatic rings. The van der Waals surface area contributed by atoms with Crippen molar-refractivity contribution in [3.05, 3.63) is 11.7 Å². The number of halogens is 3. The number of piperidine rings is 1. The van der Waals surface area contributed by atoms with E-state index in [-0.39, 0.29) is 6.61 Å². The average molecular weight is 336 g/mol. The van der Waals surface area contributed by atoms with Gasteiger partial charge >= 0.3 is 6.18 Å². The van der Waals surface area contributed by atoms with Crippen LogP contribution in [0.1, 0.15) is 24.6 Å². The Bertz CT molecular complexity index is 481. The summed E-state index contributed by atoms with van der Waals surface area (Å²) >= 11 is 0. The maximum Gasteiger partial charge on any atom is 0.411 e. The van der Waals surface area contributed by atoms with Crippen LogP contribution >= 0.6 is 0 Å². The molecule has 1 aliphatic heterocycles. The van der Waals surface area contributed by atoms with Crippen LogP contribution in [0, 0.1) is 6.92 Å². The summed E-state index contributed by atoms with van der Waals surface area (Å²) in [5.41, 5.74) is 0. The lowest BCUT2D eigenvalue weighted by molar-refractivity contribution is -0.174. The number of rotatable bonds is 7. The van der Waals surface area contributed by atoms with Gasteiger partial charge in [0.1, 0.15) is 6.61 Å². The lowest BCUT2D eigenvalue weighted by atomic mass is 10.0. The normalized spacial score (nSPS) is 20.3. The zero-order valence-electron chi connectivity index (χ0n) is 13.5. The highest BCUT2D eigenvalue weighted by Gasteiger charge is 2.28. The SMILES string of the molecule is Cc1nc(CN2CCCC(N(C)CCOCC(F)(F)F)C2)no1. The molecule has 23 heavy (non-hydrogen) atoms. The minimum Gasteiger partial charge on any atom is -0.371 e. The minimum absolute atomic E-state index is 0.0799. The van der Waals surface area contributed by atoms with Crippen molar-refractivity contribution in [3.63, 3.8) is 0 Å². The highest BCUT2D eigenvalue weighted by molar-refractivity contribution is 4.87. The van der Waals surface area contributed by atoms with E-state index in [0.717, 1.165) is 25.9 Å². The Hall–Kier alpha value is -1.19. The van der Waals surface area contributed by atoms with E-state index < -0.39 is 12.8 Å². The molecular weight excluding hydrogens is 313 g/mol. The van der Waals surface area contributed by atoms with Gasteiger partial charge in [-0.25, -0.2) is 0 Å². The Morgan fingerprint density at radius 3 is 2.87 bits per heavy atom. The molecule has 6 nitrogen and oxygen atoms in total. The third-order valence-electron chi connectivity index (χ3n) is 3.89. The molecule has 1 saturated heterocycles. The van der Waals surface area contributed by atoms with Gasteiger partial charge in [-0.05, 0) is 26.4 Å². The van der Waals surface area contributed by atoms with Crippen molar-refractivity contribution >= 4 is 0 Å². The summed E-state index contributed by atoms with van der Waals surface area (Å²) in [5, 5.41) is 3.90. The van der Waals surface area contributed by atoms with Crippen molar-refractivity contribution in [1.29, 1.82) is 0 Å². The highest BCUT2D eigenvalue weighted by Crippen LogP contribution is 2.17. The molecule has 1 fully saturated rings. The van der Waals surface area contributed by atoms with Crippen LogP contribution in [0.25, 0.3) is 0 Å². The van der Waals surface area contributed by atoms with Gasteiger partial charge in [-0.3, -0.25) is 9.80 Å². The Labute approximate surface area is 133 Å². The van der Waals surface area contributed by atoms with Crippen LogP contribution in [0.3, 0.4) is 0 Å². The summed E-state index contributed by atoms with van der Waals surface area (Å²) in [4.78, 5) is 8.50. The van der Waals surface area contributed by atoms with E-state index in [4.69, 9.17) is 4.52 Å². The first-order chi connectivity index (χ1) is 10.8. The highest BCUT2D eigenvalue weighted by atomic mass is 19.4. The first kappa shape index (κ1) is 18.2. The van der Waals surface area contributed by atoms with E-state index >= 15 is 0 Å². The lowest BCUT2D eigenvalue weighted by Crippen LogP contribution is -2.47. The van der Waals surface area contributed by atoms with Gasteiger partial charge in [0.15, 0.2) is 5.82 Å². The zero-order valence-corrected chi connectivity index (χ0v) is 13.5. The predicted octanol–water partition coefficient (Wildman–Crippen LogP) is 1.85. The molecule has 2 rings (SSSR count). The molecule has 0 aromatic carbocycles. The monoisotopic (exact) mass is 336 g/mol. The maximum absolute atomic E-state index is 12.0. The van der Waals surface area contributed by atoms with Crippen LogP contribution in [0.15, 0.2) is 4.52 Å². The van der Waals surface area contributed by atoms with Crippen LogP contribution in [-0.2, 0) is 11.3 Å². The van der Waals surface area contributed by atoms with E-state index in [1.807, 2.05) is 7.05 Å². The molecule has 1 unspecified atom stereocenters. The Balaban J connectivity index is 1.72. The second-order valence-electron chi connectivity index (χ2n) is 5.91. The lowest BCUT2D eigenvalue weighted by Gasteiger charge is -2.37. The molecule has 0 spiro atoms. The number of aryl methyl sites for hydroxylation is 1. The fourth-order valence-electron chi connectivity index (χ4n) is 2.72. The molecule has 1 atom stereocenters. The smallest absolute Gasteiger partial charge is 0.371 e. The van der Waals surface area contributed by atoms with Crippen LogP contribution in [0.4, 0.5) is 13.2 Å². The number of aromatic nitrogens is 2. The van der Waals surface area contributed by atoms with Crippen molar-refractivity contribution in [2.45, 2.75) is 38.5 Å². The van der Waals surface area contributed by atoms with Gasteiger partial charge in [0.05, 0.1) is 13.2 Å². The molecule has 0 amide bonds. The van der Waals surface area contributed by atoms with Crippen LogP contribution in [0.5, 0.6) is 0 Å². The summed E-state index contributed by atoms with van der Waals surface area (Å²) < 4.78 is 45.7. The van der Waals surface area contributed by atoms with Crippen molar-refractivity contribution in [2.75, 3.05) is 39.9 Å².